The molecular weight excluding hydrogens is 495 g/mol. The largest absolute Gasteiger partial charge is 0.573 e. The van der Waals surface area contributed by atoms with Crippen molar-refractivity contribution >= 4 is 22.5 Å². The average Bonchev–Trinajstić information content (AvgIpc) is 3.70. The number of pyridine rings is 2. The fourth-order valence-corrected chi connectivity index (χ4v) is 5.06. The van der Waals surface area contributed by atoms with Crippen LogP contribution < -0.4 is 20.3 Å². The molecule has 202 valence electrons. The van der Waals surface area contributed by atoms with Crippen molar-refractivity contribution in [3.05, 3.63) is 59.0 Å². The van der Waals surface area contributed by atoms with Crippen molar-refractivity contribution in [3.63, 3.8) is 0 Å². The minimum atomic E-state index is -4.79. The van der Waals surface area contributed by atoms with Gasteiger partial charge in [-0.1, -0.05) is 12.1 Å². The first-order valence-electron chi connectivity index (χ1n) is 13.0. The van der Waals surface area contributed by atoms with E-state index in [-0.39, 0.29) is 11.7 Å². The van der Waals surface area contributed by atoms with Crippen molar-refractivity contribution in [3.8, 4) is 5.75 Å². The predicted molar refractivity (Wildman–Crippen MR) is 140 cm³/mol. The first kappa shape index (κ1) is 26.2. The molecule has 2 atom stereocenters. The van der Waals surface area contributed by atoms with E-state index in [1.54, 1.807) is 19.2 Å². The highest BCUT2D eigenvalue weighted by Gasteiger charge is 2.32. The number of nitrogens with one attached hydrogen (secondary N) is 2. The molecule has 2 aromatic heterocycles. The van der Waals surface area contributed by atoms with Crippen molar-refractivity contribution in [1.82, 2.24) is 20.6 Å². The number of halogens is 3. The van der Waals surface area contributed by atoms with Gasteiger partial charge in [0.15, 0.2) is 0 Å². The van der Waals surface area contributed by atoms with Crippen LogP contribution >= 0.6 is 0 Å². The lowest BCUT2D eigenvalue weighted by Crippen LogP contribution is -2.33. The van der Waals surface area contributed by atoms with E-state index in [0.717, 1.165) is 66.9 Å². The number of amides is 1. The molecule has 1 aliphatic heterocycles. The summed E-state index contributed by atoms with van der Waals surface area (Å²) in [5.74, 6) is -0.267. The normalized spacial score (nSPS) is 19.2. The molecular formula is C28H32F3N5O2. The van der Waals surface area contributed by atoms with E-state index in [2.05, 4.69) is 27.2 Å². The number of aromatic nitrogens is 2. The van der Waals surface area contributed by atoms with E-state index in [0.29, 0.717) is 23.1 Å². The van der Waals surface area contributed by atoms with Crippen molar-refractivity contribution in [1.29, 1.82) is 0 Å². The first-order chi connectivity index (χ1) is 18.1. The minimum Gasteiger partial charge on any atom is -0.406 e. The Bertz CT molecular complexity index is 1340. The number of hydrogen-bond donors (Lipinski definition) is 2. The number of alkyl halides is 3. The highest BCUT2D eigenvalue weighted by atomic mass is 19.4. The van der Waals surface area contributed by atoms with Gasteiger partial charge in [-0.05, 0) is 63.8 Å². The molecule has 10 heteroatoms. The molecule has 38 heavy (non-hydrogen) atoms. The van der Waals surface area contributed by atoms with E-state index in [1.165, 1.54) is 18.2 Å². The van der Waals surface area contributed by atoms with Gasteiger partial charge in [0.2, 0.25) is 0 Å². The Labute approximate surface area is 219 Å². The molecule has 1 saturated carbocycles. The number of carbonyl (C=O) groups is 1. The highest BCUT2D eigenvalue weighted by molar-refractivity contribution is 6.08. The fraction of sp³-hybridized carbons (Fsp3) is 0.464. The van der Waals surface area contributed by atoms with Crippen molar-refractivity contribution in [2.75, 3.05) is 24.5 Å². The third-order valence-electron chi connectivity index (χ3n) is 7.15. The predicted octanol–water partition coefficient (Wildman–Crippen LogP) is 5.39. The van der Waals surface area contributed by atoms with Gasteiger partial charge in [0.05, 0.1) is 28.5 Å². The SMILES string of the molecule is Cc1cc2c(N3CCN[C@@H](C)CC3)c(C(=O)N[C@@H](C)c3cccc(OC(F)(F)F)c3)cnc2c(C2CC2)n1. The third-order valence-corrected chi connectivity index (χ3v) is 7.15. The summed E-state index contributed by atoms with van der Waals surface area (Å²) in [7, 11) is 0. The second kappa shape index (κ2) is 10.4. The molecule has 2 aliphatic rings. The van der Waals surface area contributed by atoms with E-state index < -0.39 is 12.4 Å². The summed E-state index contributed by atoms with van der Waals surface area (Å²) in [6.45, 7) is 8.14. The van der Waals surface area contributed by atoms with Crippen LogP contribution in [-0.4, -0.2) is 47.9 Å². The van der Waals surface area contributed by atoms with Crippen LogP contribution in [-0.2, 0) is 0 Å². The molecule has 0 unspecified atom stereocenters. The monoisotopic (exact) mass is 527 g/mol. The summed E-state index contributed by atoms with van der Waals surface area (Å²) in [5, 5.41) is 7.38. The summed E-state index contributed by atoms with van der Waals surface area (Å²) in [4.78, 5) is 25.5. The summed E-state index contributed by atoms with van der Waals surface area (Å²) in [5.41, 5.74) is 4.48. The first-order valence-corrected chi connectivity index (χ1v) is 13.0. The lowest BCUT2D eigenvalue weighted by Gasteiger charge is -2.27. The zero-order chi connectivity index (χ0) is 27.0. The minimum absolute atomic E-state index is 0.328. The van der Waals surface area contributed by atoms with E-state index >= 15 is 0 Å². The molecule has 3 aromatic rings. The number of anilines is 1. The number of carbonyl (C=O) groups excluding carboxylic acids is 1. The van der Waals surface area contributed by atoms with Gasteiger partial charge in [0.1, 0.15) is 5.75 Å². The van der Waals surface area contributed by atoms with Gasteiger partial charge in [-0.2, -0.15) is 0 Å². The number of ether oxygens (including phenoxy) is 1. The molecule has 0 bridgehead atoms. The number of rotatable bonds is 6. The lowest BCUT2D eigenvalue weighted by molar-refractivity contribution is -0.274. The van der Waals surface area contributed by atoms with Gasteiger partial charge < -0.3 is 20.3 Å². The number of fused-ring (bicyclic) bond motifs is 1. The van der Waals surface area contributed by atoms with Crippen molar-refractivity contribution in [2.45, 2.75) is 64.4 Å². The van der Waals surface area contributed by atoms with Gasteiger partial charge in [-0.3, -0.25) is 14.8 Å². The van der Waals surface area contributed by atoms with Crippen LogP contribution in [0.1, 0.15) is 72.4 Å². The number of hydrogen-bond acceptors (Lipinski definition) is 6. The molecule has 0 radical (unpaired) electrons. The Balaban J connectivity index is 1.51. The van der Waals surface area contributed by atoms with Crippen LogP contribution in [0.15, 0.2) is 36.5 Å². The molecule has 7 nitrogen and oxygen atoms in total. The zero-order valence-corrected chi connectivity index (χ0v) is 21.7. The van der Waals surface area contributed by atoms with Gasteiger partial charge in [0, 0.05) is 48.9 Å². The van der Waals surface area contributed by atoms with Gasteiger partial charge >= 0.3 is 6.36 Å². The summed E-state index contributed by atoms with van der Waals surface area (Å²) >= 11 is 0. The second-order valence-electron chi connectivity index (χ2n) is 10.3. The molecule has 3 heterocycles. The fourth-order valence-electron chi connectivity index (χ4n) is 5.06. The molecule has 2 N–H and O–H groups in total. The smallest absolute Gasteiger partial charge is 0.406 e. The van der Waals surface area contributed by atoms with E-state index in [4.69, 9.17) is 9.97 Å². The van der Waals surface area contributed by atoms with Gasteiger partial charge in [-0.15, -0.1) is 13.2 Å². The maximum absolute atomic E-state index is 13.7. The maximum Gasteiger partial charge on any atom is 0.573 e. The van der Waals surface area contributed by atoms with E-state index in [1.807, 2.05) is 13.0 Å². The Kier molecular flexibility index (Phi) is 7.17. The second-order valence-corrected chi connectivity index (χ2v) is 10.3. The van der Waals surface area contributed by atoms with Crippen molar-refractivity contribution < 1.29 is 22.7 Å². The Morgan fingerprint density at radius 2 is 2.00 bits per heavy atom. The summed E-state index contributed by atoms with van der Waals surface area (Å²) in [6, 6.07) is 7.46. The van der Waals surface area contributed by atoms with Gasteiger partial charge in [-0.25, -0.2) is 0 Å². The molecule has 1 saturated heterocycles. The lowest BCUT2D eigenvalue weighted by atomic mass is 10.0. The topological polar surface area (TPSA) is 79.4 Å². The molecule has 5 rings (SSSR count). The van der Waals surface area contributed by atoms with Crippen LogP contribution in [0.4, 0.5) is 18.9 Å². The Hall–Kier alpha value is -3.40. The standard InChI is InChI=1S/C28H32F3N5O2/c1-16-9-11-36(12-10-32-16)26-22-13-17(2)34-24(19-7-8-19)25(22)33-15-23(26)27(37)35-18(3)20-5-4-6-21(14-20)38-28(29,30)31/h4-6,13-16,18-19,32H,7-12H2,1-3H3,(H,35,37)/t16-,18-/m0/s1. The Morgan fingerprint density at radius 1 is 1.21 bits per heavy atom. The average molecular weight is 528 g/mol. The molecule has 1 aromatic carbocycles. The molecule has 2 fully saturated rings. The van der Waals surface area contributed by atoms with Crippen LogP contribution in [0.2, 0.25) is 0 Å². The number of aryl methyl sites for hydroxylation is 1. The van der Waals surface area contributed by atoms with Crippen LogP contribution in [0.5, 0.6) is 5.75 Å². The van der Waals surface area contributed by atoms with Crippen LogP contribution in [0.25, 0.3) is 10.9 Å². The van der Waals surface area contributed by atoms with Crippen LogP contribution in [0.3, 0.4) is 0 Å². The third kappa shape index (κ3) is 5.85. The number of nitrogens with zero attached hydrogens (tertiary/aromatic N) is 3. The van der Waals surface area contributed by atoms with E-state index in [9.17, 15) is 18.0 Å². The summed E-state index contributed by atoms with van der Waals surface area (Å²) in [6.07, 6.45) is -0.0713. The quantitative estimate of drug-likeness (QED) is 0.447. The highest BCUT2D eigenvalue weighted by Crippen LogP contribution is 2.43. The molecule has 0 spiro atoms. The maximum atomic E-state index is 13.7. The van der Waals surface area contributed by atoms with Gasteiger partial charge in [0.25, 0.3) is 5.91 Å². The molecule has 1 amide bonds. The zero-order valence-electron chi connectivity index (χ0n) is 21.7. The molecule has 1 aliphatic carbocycles. The number of benzene rings is 1. The Morgan fingerprint density at radius 3 is 2.74 bits per heavy atom. The van der Waals surface area contributed by atoms with Crippen molar-refractivity contribution in [2.24, 2.45) is 0 Å². The summed E-state index contributed by atoms with van der Waals surface area (Å²) < 4.78 is 42.2. The van der Waals surface area contributed by atoms with Crippen LogP contribution in [0, 0.1) is 6.92 Å².